The van der Waals surface area contributed by atoms with E-state index < -0.39 is 10.0 Å². The van der Waals surface area contributed by atoms with Crippen LogP contribution in [0, 0.1) is 18.3 Å². The summed E-state index contributed by atoms with van der Waals surface area (Å²) in [5, 5.41) is 8.91. The lowest BCUT2D eigenvalue weighted by atomic mass is 10.0. The van der Waals surface area contributed by atoms with Gasteiger partial charge >= 0.3 is 0 Å². The van der Waals surface area contributed by atoms with Crippen LogP contribution in [0.2, 0.25) is 0 Å². The molecule has 1 unspecified atom stereocenters. The maximum atomic E-state index is 12.9. The van der Waals surface area contributed by atoms with E-state index in [1.807, 2.05) is 6.07 Å². The average Bonchev–Trinajstić information content (AvgIpc) is 2.47. The molecule has 1 fully saturated rings. The highest BCUT2D eigenvalue weighted by Crippen LogP contribution is 2.29. The van der Waals surface area contributed by atoms with Crippen LogP contribution in [0.1, 0.15) is 50.2 Å². The van der Waals surface area contributed by atoms with Crippen molar-refractivity contribution < 1.29 is 8.42 Å². The van der Waals surface area contributed by atoms with Gasteiger partial charge in [-0.1, -0.05) is 19.8 Å². The number of hydrogen-bond donors (Lipinski definition) is 0. The van der Waals surface area contributed by atoms with Gasteiger partial charge in [0.05, 0.1) is 16.5 Å². The second kappa shape index (κ2) is 6.59. The molecule has 114 valence electrons. The summed E-state index contributed by atoms with van der Waals surface area (Å²) in [6.07, 6.45) is 4.87. The zero-order valence-electron chi connectivity index (χ0n) is 12.7. The minimum absolute atomic E-state index is 0.115. The summed E-state index contributed by atoms with van der Waals surface area (Å²) in [4.78, 5) is 0.338. The van der Waals surface area contributed by atoms with Crippen molar-refractivity contribution in [1.29, 1.82) is 5.26 Å². The van der Waals surface area contributed by atoms with E-state index in [1.54, 1.807) is 29.4 Å². The minimum atomic E-state index is -3.47. The first kappa shape index (κ1) is 16.0. The highest BCUT2D eigenvalue weighted by molar-refractivity contribution is 7.89. The number of benzene rings is 1. The molecule has 0 bridgehead atoms. The SMILES string of the molecule is CCCC1CCCCN1S(=O)(=O)c1ccc(C#N)cc1C. The average molecular weight is 306 g/mol. The van der Waals surface area contributed by atoms with Gasteiger partial charge in [-0.3, -0.25) is 0 Å². The Morgan fingerprint density at radius 2 is 2.14 bits per heavy atom. The standard InChI is InChI=1S/C16H22N2O2S/c1-3-6-15-7-4-5-10-18(15)21(19,20)16-9-8-14(12-17)11-13(16)2/h8-9,11,15H,3-7,10H2,1-2H3. The Hall–Kier alpha value is -1.38. The van der Waals surface area contributed by atoms with E-state index in [0.29, 0.717) is 22.6 Å². The second-order valence-electron chi connectivity index (χ2n) is 5.65. The lowest BCUT2D eigenvalue weighted by Gasteiger charge is -2.35. The third-order valence-electron chi connectivity index (χ3n) is 4.09. The Bertz CT molecular complexity index is 645. The van der Waals surface area contributed by atoms with Gasteiger partial charge in [0.25, 0.3) is 0 Å². The lowest BCUT2D eigenvalue weighted by Crippen LogP contribution is -2.43. The maximum absolute atomic E-state index is 12.9. The minimum Gasteiger partial charge on any atom is -0.207 e. The van der Waals surface area contributed by atoms with E-state index in [2.05, 4.69) is 6.92 Å². The largest absolute Gasteiger partial charge is 0.243 e. The molecule has 1 saturated heterocycles. The van der Waals surface area contributed by atoms with E-state index in [9.17, 15) is 8.42 Å². The van der Waals surface area contributed by atoms with Gasteiger partial charge in [-0.05, 0) is 49.9 Å². The number of aryl methyl sites for hydroxylation is 1. The van der Waals surface area contributed by atoms with Crippen LogP contribution < -0.4 is 0 Å². The smallest absolute Gasteiger partial charge is 0.207 e. The molecule has 1 atom stereocenters. The van der Waals surface area contributed by atoms with Crippen molar-refractivity contribution in [3.63, 3.8) is 0 Å². The summed E-state index contributed by atoms with van der Waals surface area (Å²) in [7, 11) is -3.47. The molecule has 5 heteroatoms. The van der Waals surface area contributed by atoms with Gasteiger partial charge in [0.1, 0.15) is 0 Å². The van der Waals surface area contributed by atoms with E-state index in [0.717, 1.165) is 32.1 Å². The highest BCUT2D eigenvalue weighted by atomic mass is 32.2. The molecular formula is C16H22N2O2S. The third kappa shape index (κ3) is 3.28. The van der Waals surface area contributed by atoms with Crippen LogP contribution >= 0.6 is 0 Å². The van der Waals surface area contributed by atoms with Gasteiger partial charge < -0.3 is 0 Å². The summed E-state index contributed by atoms with van der Waals surface area (Å²) in [6, 6.07) is 6.96. The first-order valence-electron chi connectivity index (χ1n) is 7.53. The highest BCUT2D eigenvalue weighted by Gasteiger charge is 2.33. The molecule has 1 aromatic rings. The normalized spacial score (nSPS) is 20.1. The molecular weight excluding hydrogens is 284 g/mol. The van der Waals surface area contributed by atoms with Gasteiger partial charge in [0, 0.05) is 12.6 Å². The number of nitriles is 1. The fourth-order valence-electron chi connectivity index (χ4n) is 3.05. The molecule has 21 heavy (non-hydrogen) atoms. The molecule has 0 radical (unpaired) electrons. The number of nitrogens with zero attached hydrogens (tertiary/aromatic N) is 2. The molecule has 1 aromatic carbocycles. The summed E-state index contributed by atoms with van der Waals surface area (Å²) in [6.45, 7) is 4.45. The van der Waals surface area contributed by atoms with Crippen molar-refractivity contribution in [1.82, 2.24) is 4.31 Å². The van der Waals surface area contributed by atoms with Crippen LogP contribution in [-0.2, 0) is 10.0 Å². The van der Waals surface area contributed by atoms with Crippen LogP contribution in [0.25, 0.3) is 0 Å². The van der Waals surface area contributed by atoms with Gasteiger partial charge in [-0.15, -0.1) is 0 Å². The Kier molecular flexibility index (Phi) is 5.02. The van der Waals surface area contributed by atoms with Crippen molar-refractivity contribution in [2.45, 2.75) is 56.9 Å². The van der Waals surface area contributed by atoms with Crippen molar-refractivity contribution in [2.75, 3.05) is 6.54 Å². The van der Waals surface area contributed by atoms with E-state index in [-0.39, 0.29) is 6.04 Å². The number of hydrogen-bond acceptors (Lipinski definition) is 3. The van der Waals surface area contributed by atoms with Crippen LogP contribution in [0.3, 0.4) is 0 Å². The van der Waals surface area contributed by atoms with Crippen molar-refractivity contribution in [2.24, 2.45) is 0 Å². The van der Waals surface area contributed by atoms with Gasteiger partial charge in [-0.2, -0.15) is 9.57 Å². The van der Waals surface area contributed by atoms with Crippen molar-refractivity contribution >= 4 is 10.0 Å². The topological polar surface area (TPSA) is 61.2 Å². The van der Waals surface area contributed by atoms with E-state index in [4.69, 9.17) is 5.26 Å². The predicted molar refractivity (Wildman–Crippen MR) is 82.3 cm³/mol. The Labute approximate surface area is 127 Å². The molecule has 0 amide bonds. The fraction of sp³-hybridized carbons (Fsp3) is 0.562. The number of piperidine rings is 1. The molecule has 0 saturated carbocycles. The Morgan fingerprint density at radius 3 is 2.76 bits per heavy atom. The van der Waals surface area contributed by atoms with Crippen molar-refractivity contribution in [3.05, 3.63) is 29.3 Å². The van der Waals surface area contributed by atoms with Crippen LogP contribution in [0.15, 0.2) is 23.1 Å². The summed E-state index contributed by atoms with van der Waals surface area (Å²) in [5.41, 5.74) is 1.14. The lowest BCUT2D eigenvalue weighted by molar-refractivity contribution is 0.239. The molecule has 0 N–H and O–H groups in total. The molecule has 0 aromatic heterocycles. The van der Waals surface area contributed by atoms with Gasteiger partial charge in [-0.25, -0.2) is 8.42 Å². The van der Waals surface area contributed by atoms with Gasteiger partial charge in [0.2, 0.25) is 10.0 Å². The third-order valence-corrected chi connectivity index (χ3v) is 6.20. The monoisotopic (exact) mass is 306 g/mol. The first-order valence-corrected chi connectivity index (χ1v) is 8.97. The second-order valence-corrected chi connectivity index (χ2v) is 7.51. The van der Waals surface area contributed by atoms with Crippen LogP contribution in [-0.4, -0.2) is 25.3 Å². The molecule has 1 aliphatic heterocycles. The van der Waals surface area contributed by atoms with E-state index in [1.165, 1.54) is 0 Å². The molecule has 1 heterocycles. The predicted octanol–water partition coefficient (Wildman–Crippen LogP) is 3.21. The quantitative estimate of drug-likeness (QED) is 0.858. The molecule has 2 rings (SSSR count). The fourth-order valence-corrected chi connectivity index (χ4v) is 4.98. The molecule has 0 aliphatic carbocycles. The van der Waals surface area contributed by atoms with Gasteiger partial charge in [0.15, 0.2) is 0 Å². The Morgan fingerprint density at radius 1 is 1.38 bits per heavy atom. The van der Waals surface area contributed by atoms with Crippen LogP contribution in [0.5, 0.6) is 0 Å². The number of rotatable bonds is 4. The molecule has 1 aliphatic rings. The van der Waals surface area contributed by atoms with E-state index >= 15 is 0 Å². The summed E-state index contributed by atoms with van der Waals surface area (Å²) in [5.74, 6) is 0. The molecule has 4 nitrogen and oxygen atoms in total. The molecule has 0 spiro atoms. The summed E-state index contributed by atoms with van der Waals surface area (Å²) >= 11 is 0. The van der Waals surface area contributed by atoms with Crippen LogP contribution in [0.4, 0.5) is 0 Å². The number of sulfonamides is 1. The zero-order valence-corrected chi connectivity index (χ0v) is 13.5. The Balaban J connectivity index is 2.38. The van der Waals surface area contributed by atoms with Crippen molar-refractivity contribution in [3.8, 4) is 6.07 Å². The first-order chi connectivity index (χ1) is 10.0. The summed E-state index contributed by atoms with van der Waals surface area (Å²) < 4.78 is 27.5. The maximum Gasteiger partial charge on any atom is 0.243 e. The zero-order chi connectivity index (χ0) is 15.5.